The topological polar surface area (TPSA) is 87.6 Å². The normalized spacial score (nSPS) is 17.7. The van der Waals surface area contributed by atoms with E-state index in [0.29, 0.717) is 33.8 Å². The van der Waals surface area contributed by atoms with Crippen LogP contribution in [0.15, 0.2) is 139 Å². The Hall–Kier alpha value is -6.21. The highest BCUT2D eigenvalue weighted by Crippen LogP contribution is 2.44. The van der Waals surface area contributed by atoms with Crippen molar-refractivity contribution in [1.29, 1.82) is 0 Å². The van der Waals surface area contributed by atoms with Gasteiger partial charge in [0.2, 0.25) is 17.7 Å². The summed E-state index contributed by atoms with van der Waals surface area (Å²) >= 11 is 0. The molecular weight excluding hydrogens is 586 g/mol. The van der Waals surface area contributed by atoms with Crippen LogP contribution >= 0.6 is 0 Å². The summed E-state index contributed by atoms with van der Waals surface area (Å²) in [7, 11) is 0. The average molecular weight is 614 g/mol. The first-order valence-corrected chi connectivity index (χ1v) is 15.4. The van der Waals surface area contributed by atoms with Gasteiger partial charge in [0.1, 0.15) is 0 Å². The maximum atomic E-state index is 14.4. The summed E-state index contributed by atoms with van der Waals surface area (Å²) in [6.07, 6.45) is 1.33. The third-order valence-electron chi connectivity index (χ3n) is 9.00. The number of amides is 4. The van der Waals surface area contributed by atoms with Crippen molar-refractivity contribution in [1.82, 2.24) is 4.98 Å². The van der Waals surface area contributed by atoms with Crippen LogP contribution in [-0.4, -0.2) is 28.6 Å². The highest BCUT2D eigenvalue weighted by molar-refractivity contribution is 6.33. The number of pyridine rings is 1. The van der Waals surface area contributed by atoms with Gasteiger partial charge in [0.05, 0.1) is 29.4 Å². The predicted molar refractivity (Wildman–Crippen MR) is 182 cm³/mol. The molecule has 0 saturated carbocycles. The fourth-order valence-corrected chi connectivity index (χ4v) is 6.81. The van der Waals surface area contributed by atoms with E-state index in [1.54, 1.807) is 18.3 Å². The van der Waals surface area contributed by atoms with Crippen molar-refractivity contribution in [3.8, 4) is 11.3 Å². The number of anilines is 2. The lowest BCUT2D eigenvalue weighted by molar-refractivity contribution is -0.122. The minimum atomic E-state index is -0.984. The molecule has 0 radical (unpaired) electrons. The smallest absolute Gasteiger partial charge is 0.261 e. The van der Waals surface area contributed by atoms with Crippen molar-refractivity contribution in [3.05, 3.63) is 145 Å². The van der Waals surface area contributed by atoms with Crippen LogP contribution in [0.25, 0.3) is 38.4 Å². The summed E-state index contributed by atoms with van der Waals surface area (Å²) < 4.78 is 0. The fraction of sp³-hybridized carbons (Fsp3) is 0.0750. The number of carbonyl (C=O) groups excluding carboxylic acids is 4. The summed E-state index contributed by atoms with van der Waals surface area (Å²) in [6.45, 7) is 0. The van der Waals surface area contributed by atoms with E-state index < -0.39 is 23.6 Å². The van der Waals surface area contributed by atoms with E-state index in [0.717, 1.165) is 21.5 Å². The largest absolute Gasteiger partial charge is 0.274 e. The first-order chi connectivity index (χ1) is 23.0. The Kier molecular flexibility index (Phi) is 6.80. The summed E-state index contributed by atoms with van der Waals surface area (Å²) in [5, 5.41) is 3.77. The quantitative estimate of drug-likeness (QED) is 0.150. The first-order valence-electron chi connectivity index (χ1n) is 15.4. The highest BCUT2D eigenvalue weighted by Gasteiger charge is 2.46. The second-order valence-corrected chi connectivity index (χ2v) is 11.8. The van der Waals surface area contributed by atoms with Gasteiger partial charge in [-0.05, 0) is 69.1 Å². The third kappa shape index (κ3) is 4.80. The Balaban J connectivity index is 1.29. The zero-order chi connectivity index (χ0) is 32.1. The lowest BCUT2D eigenvalue weighted by Gasteiger charge is -2.21. The molecule has 0 N–H and O–H groups in total. The lowest BCUT2D eigenvalue weighted by atomic mass is 9.83. The molecule has 47 heavy (non-hydrogen) atoms. The van der Waals surface area contributed by atoms with Gasteiger partial charge < -0.3 is 0 Å². The Morgan fingerprint density at radius 2 is 1.19 bits per heavy atom. The third-order valence-corrected chi connectivity index (χ3v) is 9.00. The number of fused-ring (bicyclic) bond motifs is 2. The molecule has 226 valence electrons. The average Bonchev–Trinajstić information content (AvgIpc) is 3.57. The number of hydrogen-bond donors (Lipinski definition) is 0. The summed E-state index contributed by atoms with van der Waals surface area (Å²) in [6, 6.07) is 39.3. The van der Waals surface area contributed by atoms with Crippen molar-refractivity contribution in [2.24, 2.45) is 5.92 Å². The van der Waals surface area contributed by atoms with E-state index in [-0.39, 0.29) is 24.3 Å². The molecular formula is C40H27N3O4. The minimum Gasteiger partial charge on any atom is -0.274 e. The molecule has 2 saturated heterocycles. The summed E-state index contributed by atoms with van der Waals surface area (Å²) in [5.41, 5.74) is 3.45. The Labute approximate surface area is 270 Å². The maximum absolute atomic E-state index is 14.4. The Morgan fingerprint density at radius 3 is 1.85 bits per heavy atom. The van der Waals surface area contributed by atoms with Gasteiger partial charge in [0, 0.05) is 23.8 Å². The molecule has 7 nitrogen and oxygen atoms in total. The van der Waals surface area contributed by atoms with Gasteiger partial charge >= 0.3 is 0 Å². The van der Waals surface area contributed by atoms with Crippen molar-refractivity contribution < 1.29 is 19.2 Å². The molecule has 0 bridgehead atoms. The Morgan fingerprint density at radius 1 is 0.596 bits per heavy atom. The molecule has 8 rings (SSSR count). The summed E-state index contributed by atoms with van der Waals surface area (Å²) in [5.74, 6) is -2.68. The molecule has 4 amide bonds. The molecule has 2 fully saturated rings. The van der Waals surface area contributed by atoms with Gasteiger partial charge in [0.25, 0.3) is 5.91 Å². The standard InChI is InChI=1S/C40H27N3O4/c44-36-23-33(39(46)42(36)29-18-16-25-9-1-3-11-27(25)21-29)38(32-14-6-5-13-31(32)35-15-7-8-20-41-35)34-24-37(45)43(40(34)47)30-19-17-26-10-2-4-12-28(26)22-30/h1-22,33H,23-24H2/b38-34+. The zero-order valence-electron chi connectivity index (χ0n) is 25.2. The molecule has 6 aromatic rings. The van der Waals surface area contributed by atoms with Crippen LogP contribution in [0.1, 0.15) is 18.4 Å². The number of benzene rings is 5. The van der Waals surface area contributed by atoms with Gasteiger partial charge in [-0.1, -0.05) is 91.0 Å². The molecule has 1 aromatic heterocycles. The van der Waals surface area contributed by atoms with E-state index in [1.165, 1.54) is 9.80 Å². The second kappa shape index (κ2) is 11.3. The van der Waals surface area contributed by atoms with E-state index >= 15 is 0 Å². The molecule has 1 atom stereocenters. The van der Waals surface area contributed by atoms with E-state index in [9.17, 15) is 19.2 Å². The maximum Gasteiger partial charge on any atom is 0.261 e. The second-order valence-electron chi connectivity index (χ2n) is 11.8. The molecule has 7 heteroatoms. The van der Waals surface area contributed by atoms with Gasteiger partial charge in [-0.3, -0.25) is 24.2 Å². The van der Waals surface area contributed by atoms with Gasteiger partial charge in [0.15, 0.2) is 0 Å². The number of rotatable bonds is 5. The van der Waals surface area contributed by atoms with E-state index in [2.05, 4.69) is 4.98 Å². The fourth-order valence-electron chi connectivity index (χ4n) is 6.81. The zero-order valence-corrected chi connectivity index (χ0v) is 25.2. The van der Waals surface area contributed by atoms with Crippen LogP contribution in [0.5, 0.6) is 0 Å². The van der Waals surface area contributed by atoms with Crippen molar-refractivity contribution in [2.45, 2.75) is 12.8 Å². The van der Waals surface area contributed by atoms with Crippen LogP contribution in [-0.2, 0) is 19.2 Å². The SMILES string of the molecule is O=C1C/C(=C(/c2ccccc2-c2ccccn2)C2CC(=O)N(c3ccc4ccccc4c3)C2=O)C(=O)N1c1ccc2ccccc2c1. The molecule has 2 aliphatic rings. The molecule has 0 spiro atoms. The highest BCUT2D eigenvalue weighted by atomic mass is 16.2. The van der Waals surface area contributed by atoms with Crippen LogP contribution in [0.2, 0.25) is 0 Å². The lowest BCUT2D eigenvalue weighted by Crippen LogP contribution is -2.31. The van der Waals surface area contributed by atoms with Crippen LogP contribution in [0.3, 0.4) is 0 Å². The van der Waals surface area contributed by atoms with E-state index in [4.69, 9.17) is 0 Å². The number of carbonyl (C=O) groups is 4. The molecule has 3 heterocycles. The molecule has 5 aromatic carbocycles. The predicted octanol–water partition coefficient (Wildman–Crippen LogP) is 7.35. The van der Waals surface area contributed by atoms with Crippen LogP contribution in [0, 0.1) is 5.92 Å². The van der Waals surface area contributed by atoms with Gasteiger partial charge in [-0.2, -0.15) is 0 Å². The van der Waals surface area contributed by atoms with Crippen molar-refractivity contribution in [3.63, 3.8) is 0 Å². The Bertz CT molecular complexity index is 2310. The first kappa shape index (κ1) is 28.3. The van der Waals surface area contributed by atoms with Crippen molar-refractivity contribution in [2.75, 3.05) is 9.80 Å². The molecule has 0 aliphatic carbocycles. The molecule has 2 aliphatic heterocycles. The number of nitrogens with zero attached hydrogens (tertiary/aromatic N) is 3. The number of aromatic nitrogens is 1. The van der Waals surface area contributed by atoms with Gasteiger partial charge in [-0.15, -0.1) is 0 Å². The summed E-state index contributed by atoms with van der Waals surface area (Å²) in [4.78, 5) is 63.1. The monoisotopic (exact) mass is 613 g/mol. The van der Waals surface area contributed by atoms with Crippen LogP contribution in [0.4, 0.5) is 11.4 Å². The van der Waals surface area contributed by atoms with Crippen molar-refractivity contribution >= 4 is 62.1 Å². The number of imide groups is 2. The minimum absolute atomic E-state index is 0.140. The van der Waals surface area contributed by atoms with E-state index in [1.807, 2.05) is 115 Å². The number of hydrogen-bond acceptors (Lipinski definition) is 5. The van der Waals surface area contributed by atoms with Crippen LogP contribution < -0.4 is 9.80 Å². The molecule has 1 unspecified atom stereocenters. The van der Waals surface area contributed by atoms with Gasteiger partial charge in [-0.25, -0.2) is 9.80 Å².